The Bertz CT molecular complexity index is 231. The molecule has 0 bridgehead atoms. The fourth-order valence-corrected chi connectivity index (χ4v) is 2.66. The predicted octanol–water partition coefficient (Wildman–Crippen LogP) is 0.138. The van der Waals surface area contributed by atoms with Gasteiger partial charge in [0.25, 0.3) is 0 Å². The number of rotatable bonds is 9. The lowest BCUT2D eigenvalue weighted by atomic mass is 10.1. The van der Waals surface area contributed by atoms with Crippen molar-refractivity contribution in [3.8, 4) is 0 Å². The molecule has 0 aromatic carbocycles. The van der Waals surface area contributed by atoms with Crippen molar-refractivity contribution in [2.45, 2.75) is 50.2 Å². The van der Waals surface area contributed by atoms with Crippen LogP contribution in [0.25, 0.3) is 0 Å². The molecule has 2 rings (SSSR count). The molecule has 2 aliphatic heterocycles. The Morgan fingerprint density at radius 1 is 1.12 bits per heavy atom. The van der Waals surface area contributed by atoms with Crippen LogP contribution in [-0.4, -0.2) is 61.1 Å². The molecular weight excluding hydrogens is 236 g/mol. The average molecular weight is 260 g/mol. The normalized spacial score (nSPS) is 32.1. The quantitative estimate of drug-likeness (QED) is 0.437. The minimum absolute atomic E-state index is 0.310. The summed E-state index contributed by atoms with van der Waals surface area (Å²) < 4.78 is 21.8. The molecule has 2 saturated heterocycles. The average Bonchev–Trinajstić information content (AvgIpc) is 3.16. The molecular formula is C12H24O4Si. The van der Waals surface area contributed by atoms with Crippen molar-refractivity contribution >= 4 is 10.2 Å². The van der Waals surface area contributed by atoms with Crippen LogP contribution in [0.15, 0.2) is 0 Å². The summed E-state index contributed by atoms with van der Waals surface area (Å²) in [6.45, 7) is 7.56. The van der Waals surface area contributed by atoms with E-state index in [9.17, 15) is 0 Å². The molecule has 5 heteroatoms. The van der Waals surface area contributed by atoms with Crippen LogP contribution in [0.2, 0.25) is 5.54 Å². The summed E-state index contributed by atoms with van der Waals surface area (Å²) in [7, 11) is 1.14. The first-order valence-corrected chi connectivity index (χ1v) is 7.77. The van der Waals surface area contributed by atoms with Gasteiger partial charge in [0, 0.05) is 10.2 Å². The van der Waals surface area contributed by atoms with Gasteiger partial charge in [-0.05, 0) is 25.8 Å². The third-order valence-electron chi connectivity index (χ3n) is 3.42. The highest BCUT2D eigenvalue weighted by Crippen LogP contribution is 2.21. The van der Waals surface area contributed by atoms with Gasteiger partial charge in [0.1, 0.15) is 12.2 Å². The SMILES string of the molecule is CC(CC([SiH3])C(C)OCC1CO1)OCC1CO1. The van der Waals surface area contributed by atoms with Gasteiger partial charge in [0.15, 0.2) is 0 Å². The van der Waals surface area contributed by atoms with Crippen LogP contribution >= 0.6 is 0 Å². The predicted molar refractivity (Wildman–Crippen MR) is 68.6 cm³/mol. The van der Waals surface area contributed by atoms with E-state index in [4.69, 9.17) is 18.9 Å². The summed E-state index contributed by atoms with van der Waals surface area (Å²) in [4.78, 5) is 0. The summed E-state index contributed by atoms with van der Waals surface area (Å²) in [6, 6.07) is 0. The molecule has 2 aliphatic rings. The number of epoxide rings is 2. The number of ether oxygens (including phenoxy) is 4. The van der Waals surface area contributed by atoms with Crippen LogP contribution in [0.5, 0.6) is 0 Å². The standard InChI is InChI=1S/C12H24O4Si/c1-8(13-4-10-6-15-10)3-12(17)9(2)14-5-11-7-16-11/h8-12H,3-7H2,1-2,17H3. The van der Waals surface area contributed by atoms with E-state index in [1.165, 1.54) is 0 Å². The summed E-state index contributed by atoms with van der Waals surface area (Å²) in [5.41, 5.74) is 0.642. The fourth-order valence-electron chi connectivity index (χ4n) is 1.81. The first-order chi connectivity index (χ1) is 8.15. The van der Waals surface area contributed by atoms with Crippen LogP contribution in [0.4, 0.5) is 0 Å². The lowest BCUT2D eigenvalue weighted by Crippen LogP contribution is -2.23. The molecule has 0 aromatic heterocycles. The van der Waals surface area contributed by atoms with Gasteiger partial charge >= 0.3 is 0 Å². The summed E-state index contributed by atoms with van der Waals surface area (Å²) in [5, 5.41) is 0. The topological polar surface area (TPSA) is 43.5 Å². The Kier molecular flexibility index (Phi) is 4.99. The van der Waals surface area contributed by atoms with Gasteiger partial charge < -0.3 is 18.9 Å². The van der Waals surface area contributed by atoms with Gasteiger partial charge in [-0.15, -0.1) is 0 Å². The van der Waals surface area contributed by atoms with Gasteiger partial charge in [-0.2, -0.15) is 0 Å². The van der Waals surface area contributed by atoms with Gasteiger partial charge in [0.2, 0.25) is 0 Å². The van der Waals surface area contributed by atoms with Crippen LogP contribution in [0.1, 0.15) is 20.3 Å². The Balaban J connectivity index is 1.54. The van der Waals surface area contributed by atoms with Gasteiger partial charge in [0.05, 0.1) is 38.6 Å². The largest absolute Gasteiger partial charge is 0.376 e. The molecule has 4 nitrogen and oxygen atoms in total. The van der Waals surface area contributed by atoms with Gasteiger partial charge in [-0.3, -0.25) is 0 Å². The van der Waals surface area contributed by atoms with Crippen molar-refractivity contribution in [3.63, 3.8) is 0 Å². The zero-order valence-electron chi connectivity index (χ0n) is 11.1. The third kappa shape index (κ3) is 5.48. The smallest absolute Gasteiger partial charge is 0.104 e. The minimum Gasteiger partial charge on any atom is -0.376 e. The molecule has 0 spiro atoms. The Morgan fingerprint density at radius 2 is 1.65 bits per heavy atom. The molecule has 17 heavy (non-hydrogen) atoms. The second kappa shape index (κ2) is 6.29. The van der Waals surface area contributed by atoms with E-state index in [1.54, 1.807) is 0 Å². The molecule has 5 unspecified atom stereocenters. The summed E-state index contributed by atoms with van der Waals surface area (Å²) in [5.74, 6) is 0. The summed E-state index contributed by atoms with van der Waals surface area (Å²) in [6.07, 6.45) is 2.46. The molecule has 0 saturated carbocycles. The van der Waals surface area contributed by atoms with E-state index in [0.29, 0.717) is 30.0 Å². The van der Waals surface area contributed by atoms with Crippen molar-refractivity contribution in [2.75, 3.05) is 26.4 Å². The first kappa shape index (κ1) is 13.5. The molecule has 0 N–H and O–H groups in total. The highest BCUT2D eigenvalue weighted by Gasteiger charge is 2.26. The molecule has 0 radical (unpaired) electrons. The molecule has 0 aromatic rings. The Morgan fingerprint density at radius 3 is 2.18 bits per heavy atom. The molecule has 0 aliphatic carbocycles. The van der Waals surface area contributed by atoms with E-state index < -0.39 is 0 Å². The second-order valence-corrected chi connectivity index (χ2v) is 6.79. The molecule has 100 valence electrons. The lowest BCUT2D eigenvalue weighted by molar-refractivity contribution is 0.0172. The van der Waals surface area contributed by atoms with Crippen molar-refractivity contribution in [3.05, 3.63) is 0 Å². The number of hydrogen-bond acceptors (Lipinski definition) is 4. The van der Waals surface area contributed by atoms with Crippen LogP contribution in [0.3, 0.4) is 0 Å². The van der Waals surface area contributed by atoms with E-state index in [-0.39, 0.29) is 0 Å². The van der Waals surface area contributed by atoms with Crippen LogP contribution in [0, 0.1) is 0 Å². The zero-order chi connectivity index (χ0) is 12.3. The van der Waals surface area contributed by atoms with Crippen LogP contribution < -0.4 is 0 Å². The summed E-state index contributed by atoms with van der Waals surface area (Å²) >= 11 is 0. The Labute approximate surface area is 106 Å². The van der Waals surface area contributed by atoms with Crippen molar-refractivity contribution in [1.82, 2.24) is 0 Å². The van der Waals surface area contributed by atoms with E-state index in [2.05, 4.69) is 13.8 Å². The third-order valence-corrected chi connectivity index (χ3v) is 4.83. The lowest BCUT2D eigenvalue weighted by Gasteiger charge is -2.23. The zero-order valence-corrected chi connectivity index (χ0v) is 13.1. The highest BCUT2D eigenvalue weighted by atomic mass is 28.1. The molecule has 2 fully saturated rings. The van der Waals surface area contributed by atoms with E-state index >= 15 is 0 Å². The highest BCUT2D eigenvalue weighted by molar-refractivity contribution is 6.12. The maximum Gasteiger partial charge on any atom is 0.104 e. The second-order valence-electron chi connectivity index (χ2n) is 5.31. The van der Waals surface area contributed by atoms with Crippen molar-refractivity contribution in [1.29, 1.82) is 0 Å². The van der Waals surface area contributed by atoms with E-state index in [0.717, 1.165) is 43.1 Å². The van der Waals surface area contributed by atoms with Crippen molar-refractivity contribution in [2.24, 2.45) is 0 Å². The van der Waals surface area contributed by atoms with Crippen LogP contribution in [-0.2, 0) is 18.9 Å². The fraction of sp³-hybridized carbons (Fsp3) is 1.00. The number of hydrogen-bond donors (Lipinski definition) is 0. The molecule has 0 amide bonds. The minimum atomic E-state index is 0.310. The van der Waals surface area contributed by atoms with Gasteiger partial charge in [-0.1, -0.05) is 0 Å². The first-order valence-electron chi connectivity index (χ1n) is 6.61. The monoisotopic (exact) mass is 260 g/mol. The van der Waals surface area contributed by atoms with Gasteiger partial charge in [-0.25, -0.2) is 0 Å². The Hall–Kier alpha value is 0.0569. The van der Waals surface area contributed by atoms with Crippen molar-refractivity contribution < 1.29 is 18.9 Å². The maximum absolute atomic E-state index is 5.80. The van der Waals surface area contributed by atoms with E-state index in [1.807, 2.05) is 0 Å². The maximum atomic E-state index is 5.80. The molecule has 5 atom stereocenters. The molecule has 2 heterocycles.